The Hall–Kier alpha value is -2.78. The SMILES string of the molecule is O=C1NC(=O)c2cc(S(=O)(=O)Nc3nc4ccccc4s3)ccc21. The first-order valence-electron chi connectivity index (χ1n) is 6.82. The third-order valence-corrected chi connectivity index (χ3v) is 5.95. The van der Waals surface area contributed by atoms with Crippen LogP contribution in [0.5, 0.6) is 0 Å². The zero-order valence-electron chi connectivity index (χ0n) is 11.9. The molecule has 4 rings (SSSR count). The van der Waals surface area contributed by atoms with Gasteiger partial charge < -0.3 is 0 Å². The van der Waals surface area contributed by atoms with Gasteiger partial charge in [-0.1, -0.05) is 23.5 Å². The van der Waals surface area contributed by atoms with Crippen LogP contribution >= 0.6 is 11.3 Å². The molecule has 0 atom stereocenters. The van der Waals surface area contributed by atoms with Gasteiger partial charge in [-0.3, -0.25) is 19.6 Å². The molecule has 0 aliphatic carbocycles. The second-order valence-corrected chi connectivity index (χ2v) is 7.80. The molecule has 7 nitrogen and oxygen atoms in total. The second kappa shape index (κ2) is 5.11. The van der Waals surface area contributed by atoms with Gasteiger partial charge in [-0.25, -0.2) is 13.4 Å². The van der Waals surface area contributed by atoms with Crippen molar-refractivity contribution in [2.45, 2.75) is 4.90 Å². The number of carbonyl (C=O) groups excluding carboxylic acids is 2. The molecule has 0 saturated carbocycles. The lowest BCUT2D eigenvalue weighted by molar-refractivity contribution is 0.0879. The minimum atomic E-state index is -3.92. The van der Waals surface area contributed by atoms with Crippen molar-refractivity contribution >= 4 is 48.5 Å². The van der Waals surface area contributed by atoms with Gasteiger partial charge in [-0.05, 0) is 30.3 Å². The van der Waals surface area contributed by atoms with Crippen LogP contribution in [0, 0.1) is 0 Å². The van der Waals surface area contributed by atoms with E-state index in [0.717, 1.165) is 4.70 Å². The summed E-state index contributed by atoms with van der Waals surface area (Å²) in [6, 6.07) is 11.1. The minimum absolute atomic E-state index is 0.0483. The number of nitrogens with one attached hydrogen (secondary N) is 2. The Morgan fingerprint density at radius 1 is 1.00 bits per heavy atom. The van der Waals surface area contributed by atoms with Gasteiger partial charge in [0.1, 0.15) is 0 Å². The maximum Gasteiger partial charge on any atom is 0.263 e. The molecule has 2 N–H and O–H groups in total. The highest BCUT2D eigenvalue weighted by Gasteiger charge is 2.29. The molecule has 0 spiro atoms. The average Bonchev–Trinajstić information content (AvgIpc) is 3.07. The van der Waals surface area contributed by atoms with E-state index >= 15 is 0 Å². The molecule has 3 aromatic rings. The van der Waals surface area contributed by atoms with Crippen LogP contribution in [-0.4, -0.2) is 25.2 Å². The molecule has 24 heavy (non-hydrogen) atoms. The minimum Gasteiger partial charge on any atom is -0.288 e. The number of nitrogens with zero attached hydrogens (tertiary/aromatic N) is 1. The number of benzene rings is 2. The first-order valence-corrected chi connectivity index (χ1v) is 9.12. The molecule has 0 bridgehead atoms. The molecule has 2 aromatic carbocycles. The first-order chi connectivity index (χ1) is 11.4. The van der Waals surface area contributed by atoms with Crippen LogP contribution < -0.4 is 10.0 Å². The molecule has 1 aliphatic rings. The monoisotopic (exact) mass is 359 g/mol. The fourth-order valence-electron chi connectivity index (χ4n) is 2.40. The Bertz CT molecular complexity index is 1090. The Morgan fingerprint density at radius 2 is 1.75 bits per heavy atom. The van der Waals surface area contributed by atoms with Gasteiger partial charge in [0.05, 0.1) is 26.2 Å². The molecule has 0 radical (unpaired) electrons. The normalized spacial score (nSPS) is 13.8. The van der Waals surface area contributed by atoms with E-state index in [0.29, 0.717) is 5.52 Å². The maximum absolute atomic E-state index is 12.5. The molecule has 0 fully saturated rings. The summed E-state index contributed by atoms with van der Waals surface area (Å²) >= 11 is 1.21. The standard InChI is InChI=1S/C15H9N3O4S2/c19-13-9-6-5-8(7-10(9)14(20)17-13)24(21,22)18-15-16-11-3-1-2-4-12(11)23-15/h1-7H,(H,16,18)(H,17,19,20). The summed E-state index contributed by atoms with van der Waals surface area (Å²) in [7, 11) is -3.92. The zero-order chi connectivity index (χ0) is 16.9. The van der Waals surface area contributed by atoms with Gasteiger partial charge in [0.15, 0.2) is 5.13 Å². The van der Waals surface area contributed by atoms with Gasteiger partial charge >= 0.3 is 0 Å². The number of fused-ring (bicyclic) bond motifs is 2. The van der Waals surface area contributed by atoms with Crippen LogP contribution in [0.2, 0.25) is 0 Å². The van der Waals surface area contributed by atoms with Crippen molar-refractivity contribution < 1.29 is 18.0 Å². The summed E-state index contributed by atoms with van der Waals surface area (Å²) < 4.78 is 28.3. The van der Waals surface area contributed by atoms with Crippen LogP contribution in [-0.2, 0) is 10.0 Å². The lowest BCUT2D eigenvalue weighted by atomic mass is 10.1. The Kier molecular flexibility index (Phi) is 3.15. The molecular formula is C15H9N3O4S2. The summed E-state index contributed by atoms with van der Waals surface area (Å²) in [5.41, 5.74) is 0.908. The highest BCUT2D eigenvalue weighted by atomic mass is 32.2. The van der Waals surface area contributed by atoms with Crippen molar-refractivity contribution in [2.75, 3.05) is 4.72 Å². The number of thiazole rings is 1. The molecule has 9 heteroatoms. The Balaban J connectivity index is 1.71. The highest BCUT2D eigenvalue weighted by molar-refractivity contribution is 7.93. The number of para-hydroxylation sites is 1. The zero-order valence-corrected chi connectivity index (χ0v) is 13.6. The van der Waals surface area contributed by atoms with Crippen LogP contribution in [0.25, 0.3) is 10.2 Å². The van der Waals surface area contributed by atoms with Crippen molar-refractivity contribution in [3.8, 4) is 0 Å². The number of hydrogen-bond donors (Lipinski definition) is 2. The summed E-state index contributed by atoms with van der Waals surface area (Å²) in [6.07, 6.45) is 0. The fourth-order valence-corrected chi connectivity index (χ4v) is 4.53. The van der Waals surface area contributed by atoms with E-state index in [-0.39, 0.29) is 21.2 Å². The number of sulfonamides is 1. The van der Waals surface area contributed by atoms with Gasteiger partial charge in [-0.15, -0.1) is 0 Å². The van der Waals surface area contributed by atoms with Crippen molar-refractivity contribution in [2.24, 2.45) is 0 Å². The fraction of sp³-hybridized carbons (Fsp3) is 0. The molecular weight excluding hydrogens is 350 g/mol. The summed E-state index contributed by atoms with van der Waals surface area (Å²) in [4.78, 5) is 27.3. The maximum atomic E-state index is 12.5. The first kappa shape index (κ1) is 14.8. The van der Waals surface area contributed by atoms with Gasteiger partial charge in [0.2, 0.25) is 0 Å². The summed E-state index contributed by atoms with van der Waals surface area (Å²) in [5.74, 6) is -1.13. The number of aromatic nitrogens is 1. The van der Waals surface area contributed by atoms with Crippen molar-refractivity contribution in [3.63, 3.8) is 0 Å². The lowest BCUT2D eigenvalue weighted by Crippen LogP contribution is -2.19. The topological polar surface area (TPSA) is 105 Å². The van der Waals surface area contributed by atoms with Gasteiger partial charge in [0.25, 0.3) is 21.8 Å². The van der Waals surface area contributed by atoms with Crippen molar-refractivity contribution in [1.29, 1.82) is 0 Å². The van der Waals surface area contributed by atoms with E-state index in [1.807, 2.05) is 18.2 Å². The second-order valence-electron chi connectivity index (χ2n) is 5.08. The van der Waals surface area contributed by atoms with E-state index < -0.39 is 21.8 Å². The number of imide groups is 1. The Morgan fingerprint density at radius 3 is 2.54 bits per heavy atom. The van der Waals surface area contributed by atoms with Crippen LogP contribution in [0.4, 0.5) is 5.13 Å². The predicted octanol–water partition coefficient (Wildman–Crippen LogP) is 1.98. The van der Waals surface area contributed by atoms with Crippen LogP contribution in [0.1, 0.15) is 20.7 Å². The number of hydrogen-bond acceptors (Lipinski definition) is 6. The van der Waals surface area contributed by atoms with E-state index in [1.54, 1.807) is 6.07 Å². The molecule has 120 valence electrons. The Labute approximate surface area is 140 Å². The number of carbonyl (C=O) groups is 2. The average molecular weight is 359 g/mol. The molecule has 2 amide bonds. The molecule has 0 unspecified atom stereocenters. The van der Waals surface area contributed by atoms with Crippen LogP contribution in [0.15, 0.2) is 47.4 Å². The van der Waals surface area contributed by atoms with E-state index in [2.05, 4.69) is 15.0 Å². The highest BCUT2D eigenvalue weighted by Crippen LogP contribution is 2.28. The van der Waals surface area contributed by atoms with E-state index in [4.69, 9.17) is 0 Å². The molecule has 0 saturated heterocycles. The summed E-state index contributed by atoms with van der Waals surface area (Å²) in [6.45, 7) is 0. The van der Waals surface area contributed by atoms with E-state index in [9.17, 15) is 18.0 Å². The third kappa shape index (κ3) is 2.34. The smallest absolute Gasteiger partial charge is 0.263 e. The molecule has 2 heterocycles. The summed E-state index contributed by atoms with van der Waals surface area (Å²) in [5, 5.41) is 2.36. The van der Waals surface area contributed by atoms with Gasteiger partial charge in [0, 0.05) is 0 Å². The van der Waals surface area contributed by atoms with Gasteiger partial charge in [-0.2, -0.15) is 0 Å². The third-order valence-electron chi connectivity index (χ3n) is 3.53. The molecule has 1 aromatic heterocycles. The lowest BCUT2D eigenvalue weighted by Gasteiger charge is -2.05. The number of anilines is 1. The van der Waals surface area contributed by atoms with Crippen molar-refractivity contribution in [1.82, 2.24) is 10.3 Å². The van der Waals surface area contributed by atoms with E-state index in [1.165, 1.54) is 29.5 Å². The quantitative estimate of drug-likeness (QED) is 0.696. The van der Waals surface area contributed by atoms with Crippen molar-refractivity contribution in [3.05, 3.63) is 53.6 Å². The predicted molar refractivity (Wildman–Crippen MR) is 88.7 cm³/mol. The molecule has 1 aliphatic heterocycles. The van der Waals surface area contributed by atoms with Crippen LogP contribution in [0.3, 0.4) is 0 Å². The number of amides is 2. The number of rotatable bonds is 3. The largest absolute Gasteiger partial charge is 0.288 e.